The molecule has 5 heteroatoms. The Morgan fingerprint density at radius 2 is 2.22 bits per heavy atom. The lowest BCUT2D eigenvalue weighted by Gasteiger charge is -2.42. The molecule has 0 radical (unpaired) electrons. The fraction of sp³-hybridized carbons (Fsp3) is 0.615. The van der Waals surface area contributed by atoms with E-state index in [1.165, 1.54) is 12.8 Å². The van der Waals surface area contributed by atoms with Gasteiger partial charge in [0.05, 0.1) is 6.20 Å². The Bertz CT molecular complexity index is 438. The molecule has 0 amide bonds. The van der Waals surface area contributed by atoms with E-state index in [1.807, 2.05) is 4.90 Å². The van der Waals surface area contributed by atoms with Crippen LogP contribution in [0.15, 0.2) is 12.3 Å². The van der Waals surface area contributed by atoms with Crippen LogP contribution >= 0.6 is 0 Å². The molecule has 18 heavy (non-hydrogen) atoms. The van der Waals surface area contributed by atoms with E-state index in [-0.39, 0.29) is 0 Å². The standard InChI is InChI=1S/C13H17F2N3/c14-10-6-11(15)13(17-7-10)18-5-3-12-9(8-18)2-1-4-16-12/h6-7,9,12,16H,1-5,8H2. The molecule has 2 saturated heterocycles. The number of fused-ring (bicyclic) bond motifs is 1. The molecule has 0 spiro atoms. The number of halogens is 2. The van der Waals surface area contributed by atoms with E-state index in [0.717, 1.165) is 38.3 Å². The van der Waals surface area contributed by atoms with Crippen LogP contribution < -0.4 is 10.2 Å². The second-order valence-electron chi connectivity index (χ2n) is 5.16. The molecule has 0 aromatic carbocycles. The molecule has 0 aliphatic carbocycles. The van der Waals surface area contributed by atoms with E-state index in [9.17, 15) is 8.78 Å². The van der Waals surface area contributed by atoms with E-state index in [4.69, 9.17) is 0 Å². The number of anilines is 1. The van der Waals surface area contributed by atoms with Gasteiger partial charge in [-0.25, -0.2) is 13.8 Å². The molecule has 3 rings (SSSR count). The highest BCUT2D eigenvalue weighted by molar-refractivity contribution is 5.40. The van der Waals surface area contributed by atoms with Crippen molar-refractivity contribution in [1.82, 2.24) is 10.3 Å². The van der Waals surface area contributed by atoms with Crippen molar-refractivity contribution in [1.29, 1.82) is 0 Å². The summed E-state index contributed by atoms with van der Waals surface area (Å²) in [5, 5.41) is 3.52. The van der Waals surface area contributed by atoms with Gasteiger partial charge in [0, 0.05) is 25.2 Å². The first-order valence-electron chi connectivity index (χ1n) is 6.53. The summed E-state index contributed by atoms with van der Waals surface area (Å²) in [5.41, 5.74) is 0. The molecule has 98 valence electrons. The molecule has 2 unspecified atom stereocenters. The SMILES string of the molecule is Fc1cnc(N2CCC3NCCCC3C2)c(F)c1. The van der Waals surface area contributed by atoms with Crippen LogP contribution in [0.4, 0.5) is 14.6 Å². The highest BCUT2D eigenvalue weighted by atomic mass is 19.1. The Balaban J connectivity index is 1.77. The smallest absolute Gasteiger partial charge is 0.168 e. The van der Waals surface area contributed by atoms with Gasteiger partial charge in [0.2, 0.25) is 0 Å². The monoisotopic (exact) mass is 253 g/mol. The molecule has 2 atom stereocenters. The molecule has 3 nitrogen and oxygen atoms in total. The summed E-state index contributed by atoms with van der Waals surface area (Å²) in [6, 6.07) is 1.46. The summed E-state index contributed by atoms with van der Waals surface area (Å²) in [5.74, 6) is -0.332. The second-order valence-corrected chi connectivity index (χ2v) is 5.16. The number of pyridine rings is 1. The van der Waals surface area contributed by atoms with Gasteiger partial charge >= 0.3 is 0 Å². The third-order valence-electron chi connectivity index (χ3n) is 3.98. The van der Waals surface area contributed by atoms with Gasteiger partial charge in [0.1, 0.15) is 5.82 Å². The lowest BCUT2D eigenvalue weighted by atomic mass is 9.85. The maximum atomic E-state index is 13.7. The van der Waals surface area contributed by atoms with Crippen molar-refractivity contribution < 1.29 is 8.78 Å². The largest absolute Gasteiger partial charge is 0.354 e. The van der Waals surface area contributed by atoms with E-state index in [1.54, 1.807) is 0 Å². The van der Waals surface area contributed by atoms with Crippen molar-refractivity contribution >= 4 is 5.82 Å². The zero-order chi connectivity index (χ0) is 12.5. The fourth-order valence-electron chi connectivity index (χ4n) is 3.08. The number of hydrogen-bond acceptors (Lipinski definition) is 3. The third kappa shape index (κ3) is 2.19. The highest BCUT2D eigenvalue weighted by Gasteiger charge is 2.32. The van der Waals surface area contributed by atoms with E-state index < -0.39 is 11.6 Å². The van der Waals surface area contributed by atoms with E-state index in [0.29, 0.717) is 17.8 Å². The summed E-state index contributed by atoms with van der Waals surface area (Å²) in [7, 11) is 0. The first-order valence-corrected chi connectivity index (χ1v) is 6.53. The van der Waals surface area contributed by atoms with Crippen LogP contribution in [0.25, 0.3) is 0 Å². The second kappa shape index (κ2) is 4.80. The van der Waals surface area contributed by atoms with Gasteiger partial charge in [-0.3, -0.25) is 0 Å². The normalized spacial score (nSPS) is 28.0. The Labute approximate surface area is 105 Å². The average Bonchev–Trinajstić information content (AvgIpc) is 2.38. The summed E-state index contributed by atoms with van der Waals surface area (Å²) < 4.78 is 26.6. The molecule has 3 heterocycles. The molecule has 0 bridgehead atoms. The number of rotatable bonds is 1. The van der Waals surface area contributed by atoms with Crippen molar-refractivity contribution in [2.75, 3.05) is 24.5 Å². The van der Waals surface area contributed by atoms with Crippen molar-refractivity contribution in [2.45, 2.75) is 25.3 Å². The zero-order valence-corrected chi connectivity index (χ0v) is 10.2. The summed E-state index contributed by atoms with van der Waals surface area (Å²) in [6.07, 6.45) is 4.44. The molecule has 2 fully saturated rings. The average molecular weight is 253 g/mol. The first kappa shape index (κ1) is 11.8. The predicted octanol–water partition coefficient (Wildman–Crippen LogP) is 1.94. The van der Waals surface area contributed by atoms with Gasteiger partial charge in [0.25, 0.3) is 0 Å². The molecule has 1 aromatic rings. The maximum Gasteiger partial charge on any atom is 0.168 e. The number of nitrogens with zero attached hydrogens (tertiary/aromatic N) is 2. The van der Waals surface area contributed by atoms with Gasteiger partial charge < -0.3 is 10.2 Å². The van der Waals surface area contributed by atoms with Crippen LogP contribution in [-0.4, -0.2) is 30.7 Å². The molecule has 1 N–H and O–H groups in total. The van der Waals surface area contributed by atoms with Gasteiger partial charge in [-0.05, 0) is 31.7 Å². The molecular formula is C13H17F2N3. The maximum absolute atomic E-state index is 13.7. The molecule has 2 aliphatic rings. The highest BCUT2D eigenvalue weighted by Crippen LogP contribution is 2.28. The summed E-state index contributed by atoms with van der Waals surface area (Å²) >= 11 is 0. The van der Waals surface area contributed by atoms with E-state index in [2.05, 4.69) is 10.3 Å². The van der Waals surface area contributed by atoms with Crippen LogP contribution in [0, 0.1) is 17.6 Å². The van der Waals surface area contributed by atoms with Crippen LogP contribution in [0.1, 0.15) is 19.3 Å². The Morgan fingerprint density at radius 1 is 1.33 bits per heavy atom. The summed E-state index contributed by atoms with van der Waals surface area (Å²) in [4.78, 5) is 5.84. The first-order chi connectivity index (χ1) is 8.74. The lowest BCUT2D eigenvalue weighted by Crippen LogP contribution is -2.52. The van der Waals surface area contributed by atoms with Crippen molar-refractivity contribution in [3.63, 3.8) is 0 Å². The van der Waals surface area contributed by atoms with E-state index >= 15 is 0 Å². The van der Waals surface area contributed by atoms with Crippen LogP contribution in [-0.2, 0) is 0 Å². The number of piperidine rings is 2. The fourth-order valence-corrected chi connectivity index (χ4v) is 3.08. The predicted molar refractivity (Wildman–Crippen MR) is 65.5 cm³/mol. The van der Waals surface area contributed by atoms with Gasteiger partial charge in [-0.2, -0.15) is 0 Å². The van der Waals surface area contributed by atoms with Crippen LogP contribution in [0.2, 0.25) is 0 Å². The number of aromatic nitrogens is 1. The number of hydrogen-bond donors (Lipinski definition) is 1. The van der Waals surface area contributed by atoms with Gasteiger partial charge in [-0.1, -0.05) is 0 Å². The Morgan fingerprint density at radius 3 is 3.06 bits per heavy atom. The van der Waals surface area contributed by atoms with Gasteiger partial charge in [0.15, 0.2) is 11.6 Å². The van der Waals surface area contributed by atoms with Crippen molar-refractivity contribution in [3.05, 3.63) is 23.9 Å². The van der Waals surface area contributed by atoms with Crippen molar-refractivity contribution in [3.8, 4) is 0 Å². The topological polar surface area (TPSA) is 28.2 Å². The van der Waals surface area contributed by atoms with Crippen LogP contribution in [0.3, 0.4) is 0 Å². The molecular weight excluding hydrogens is 236 g/mol. The van der Waals surface area contributed by atoms with Crippen molar-refractivity contribution in [2.24, 2.45) is 5.92 Å². The Kier molecular flexibility index (Phi) is 3.16. The number of nitrogens with one attached hydrogen (secondary N) is 1. The quantitative estimate of drug-likeness (QED) is 0.829. The third-order valence-corrected chi connectivity index (χ3v) is 3.98. The lowest BCUT2D eigenvalue weighted by molar-refractivity contribution is 0.243. The minimum atomic E-state index is -0.620. The summed E-state index contributed by atoms with van der Waals surface area (Å²) in [6.45, 7) is 2.68. The Hall–Kier alpha value is -1.23. The minimum Gasteiger partial charge on any atom is -0.354 e. The van der Waals surface area contributed by atoms with Crippen LogP contribution in [0.5, 0.6) is 0 Å². The van der Waals surface area contributed by atoms with Gasteiger partial charge in [-0.15, -0.1) is 0 Å². The molecule has 0 saturated carbocycles. The zero-order valence-electron chi connectivity index (χ0n) is 10.2. The molecule has 2 aliphatic heterocycles. The minimum absolute atomic E-state index is 0.292. The molecule has 1 aromatic heterocycles.